The smallest absolute Gasteiger partial charge is 0.227 e. The molecule has 2 amide bonds. The molecular weight excluding hydrogens is 352 g/mol. The zero-order valence-electron chi connectivity index (χ0n) is 16.3. The van der Waals surface area contributed by atoms with Crippen molar-refractivity contribution in [1.82, 2.24) is 5.32 Å². The Morgan fingerprint density at radius 3 is 2.04 bits per heavy atom. The van der Waals surface area contributed by atoms with E-state index in [2.05, 4.69) is 10.6 Å². The second-order valence-corrected chi connectivity index (χ2v) is 7.27. The molecule has 1 aliphatic carbocycles. The molecule has 5 heteroatoms. The van der Waals surface area contributed by atoms with Crippen molar-refractivity contribution in [2.24, 2.45) is 11.8 Å². The van der Waals surface area contributed by atoms with Gasteiger partial charge < -0.3 is 15.4 Å². The van der Waals surface area contributed by atoms with Crippen LogP contribution in [-0.4, -0.2) is 18.4 Å². The molecule has 0 saturated heterocycles. The molecule has 2 N–H and O–H groups in total. The molecule has 0 unspecified atom stereocenters. The van der Waals surface area contributed by atoms with Crippen LogP contribution in [0.25, 0.3) is 0 Å². The number of benzene rings is 2. The van der Waals surface area contributed by atoms with Gasteiger partial charge in [0, 0.05) is 24.1 Å². The number of carbonyl (C=O) groups is 2. The van der Waals surface area contributed by atoms with Crippen LogP contribution in [0, 0.1) is 11.8 Å². The standard InChI is InChI=1S/C23H28N2O3/c1-2-16-24-22(26)17-8-10-18(11-9-17)23(27)25-19-12-14-21(15-13-19)28-20-6-4-3-5-7-20/h3-7,12-15,17-18H,2,8-11,16H2,1H3,(H,24,26)(H,25,27). The van der Waals surface area contributed by atoms with Gasteiger partial charge in [-0.2, -0.15) is 0 Å². The summed E-state index contributed by atoms with van der Waals surface area (Å²) in [6, 6.07) is 17.0. The lowest BCUT2D eigenvalue weighted by Crippen LogP contribution is -2.35. The minimum absolute atomic E-state index is 0.0316. The number of hydrogen-bond acceptors (Lipinski definition) is 3. The molecule has 0 radical (unpaired) electrons. The van der Waals surface area contributed by atoms with Crippen LogP contribution in [0.15, 0.2) is 54.6 Å². The van der Waals surface area contributed by atoms with Crippen molar-refractivity contribution in [3.05, 3.63) is 54.6 Å². The first kappa shape index (κ1) is 19.9. The van der Waals surface area contributed by atoms with E-state index in [-0.39, 0.29) is 23.7 Å². The molecule has 2 aromatic carbocycles. The highest BCUT2D eigenvalue weighted by atomic mass is 16.5. The van der Waals surface area contributed by atoms with Gasteiger partial charge in [-0.05, 0) is 68.5 Å². The highest BCUT2D eigenvalue weighted by Crippen LogP contribution is 2.30. The van der Waals surface area contributed by atoms with Gasteiger partial charge in [0.15, 0.2) is 0 Å². The molecule has 0 aliphatic heterocycles. The summed E-state index contributed by atoms with van der Waals surface area (Å²) in [6.07, 6.45) is 4.00. The molecule has 0 heterocycles. The number of carbonyl (C=O) groups excluding carboxylic acids is 2. The maximum atomic E-state index is 12.5. The molecule has 3 rings (SSSR count). The molecule has 2 aromatic rings. The second kappa shape index (κ2) is 9.93. The summed E-state index contributed by atoms with van der Waals surface area (Å²) in [6.45, 7) is 2.77. The van der Waals surface area contributed by atoms with Crippen LogP contribution in [0.5, 0.6) is 11.5 Å². The van der Waals surface area contributed by atoms with Gasteiger partial charge >= 0.3 is 0 Å². The summed E-state index contributed by atoms with van der Waals surface area (Å²) in [5.41, 5.74) is 0.758. The Bertz CT molecular complexity index is 766. The van der Waals surface area contributed by atoms with Gasteiger partial charge in [0.05, 0.1) is 0 Å². The minimum atomic E-state index is -0.0320. The van der Waals surface area contributed by atoms with Crippen LogP contribution in [0.1, 0.15) is 39.0 Å². The Kier molecular flexibility index (Phi) is 7.06. The normalized spacial score (nSPS) is 18.9. The molecule has 1 aliphatic rings. The summed E-state index contributed by atoms with van der Waals surface area (Å²) < 4.78 is 5.77. The summed E-state index contributed by atoms with van der Waals surface area (Å²) in [7, 11) is 0. The molecule has 1 saturated carbocycles. The lowest BCUT2D eigenvalue weighted by Gasteiger charge is -2.27. The van der Waals surface area contributed by atoms with Gasteiger partial charge in [-0.15, -0.1) is 0 Å². The van der Waals surface area contributed by atoms with Crippen molar-refractivity contribution in [2.45, 2.75) is 39.0 Å². The topological polar surface area (TPSA) is 67.4 Å². The Balaban J connectivity index is 1.47. The van der Waals surface area contributed by atoms with Gasteiger partial charge in [0.2, 0.25) is 11.8 Å². The fourth-order valence-corrected chi connectivity index (χ4v) is 3.49. The molecule has 0 aromatic heterocycles. The second-order valence-electron chi connectivity index (χ2n) is 7.27. The maximum absolute atomic E-state index is 12.5. The zero-order chi connectivity index (χ0) is 19.8. The predicted molar refractivity (Wildman–Crippen MR) is 110 cm³/mol. The van der Waals surface area contributed by atoms with E-state index in [0.717, 1.165) is 55.8 Å². The van der Waals surface area contributed by atoms with Crippen molar-refractivity contribution in [3.8, 4) is 11.5 Å². The maximum Gasteiger partial charge on any atom is 0.227 e. The Morgan fingerprint density at radius 1 is 0.857 bits per heavy atom. The van der Waals surface area contributed by atoms with Crippen LogP contribution in [0.2, 0.25) is 0 Å². The lowest BCUT2D eigenvalue weighted by atomic mass is 9.81. The molecule has 148 valence electrons. The summed E-state index contributed by atoms with van der Waals surface area (Å²) >= 11 is 0. The Labute approximate surface area is 166 Å². The molecular formula is C23H28N2O3. The fourth-order valence-electron chi connectivity index (χ4n) is 3.49. The van der Waals surface area contributed by atoms with Gasteiger partial charge in [-0.25, -0.2) is 0 Å². The number of hydrogen-bond donors (Lipinski definition) is 2. The number of amides is 2. The van der Waals surface area contributed by atoms with E-state index < -0.39 is 0 Å². The Morgan fingerprint density at radius 2 is 1.43 bits per heavy atom. The molecule has 0 spiro atoms. The van der Waals surface area contributed by atoms with Crippen molar-refractivity contribution in [3.63, 3.8) is 0 Å². The summed E-state index contributed by atoms with van der Waals surface area (Å²) in [5.74, 6) is 1.68. The summed E-state index contributed by atoms with van der Waals surface area (Å²) in [4.78, 5) is 24.6. The van der Waals surface area contributed by atoms with E-state index in [4.69, 9.17) is 4.74 Å². The zero-order valence-corrected chi connectivity index (χ0v) is 16.3. The van der Waals surface area contributed by atoms with E-state index in [1.807, 2.05) is 61.5 Å². The SMILES string of the molecule is CCCNC(=O)C1CCC(C(=O)Nc2ccc(Oc3ccccc3)cc2)CC1. The third-order valence-corrected chi connectivity index (χ3v) is 5.12. The Hall–Kier alpha value is -2.82. The van der Waals surface area contributed by atoms with Crippen molar-refractivity contribution >= 4 is 17.5 Å². The van der Waals surface area contributed by atoms with Crippen LogP contribution in [-0.2, 0) is 9.59 Å². The van der Waals surface area contributed by atoms with Crippen LogP contribution < -0.4 is 15.4 Å². The fraction of sp³-hybridized carbons (Fsp3) is 0.391. The van der Waals surface area contributed by atoms with Crippen molar-refractivity contribution < 1.29 is 14.3 Å². The number of rotatable bonds is 7. The van der Waals surface area contributed by atoms with E-state index >= 15 is 0 Å². The third-order valence-electron chi connectivity index (χ3n) is 5.12. The average molecular weight is 380 g/mol. The van der Waals surface area contributed by atoms with Crippen LogP contribution >= 0.6 is 0 Å². The van der Waals surface area contributed by atoms with Crippen LogP contribution in [0.3, 0.4) is 0 Å². The molecule has 5 nitrogen and oxygen atoms in total. The molecule has 0 bridgehead atoms. The first-order valence-corrected chi connectivity index (χ1v) is 10.1. The van der Waals surface area contributed by atoms with Crippen molar-refractivity contribution in [1.29, 1.82) is 0 Å². The van der Waals surface area contributed by atoms with Gasteiger partial charge in [0.1, 0.15) is 11.5 Å². The highest BCUT2D eigenvalue weighted by Gasteiger charge is 2.29. The van der Waals surface area contributed by atoms with Gasteiger partial charge in [-0.3, -0.25) is 9.59 Å². The monoisotopic (exact) mass is 380 g/mol. The first-order chi connectivity index (χ1) is 13.7. The van der Waals surface area contributed by atoms with Crippen LogP contribution in [0.4, 0.5) is 5.69 Å². The predicted octanol–water partition coefficient (Wildman–Crippen LogP) is 4.75. The minimum Gasteiger partial charge on any atom is -0.457 e. The quantitative estimate of drug-likeness (QED) is 0.728. The first-order valence-electron chi connectivity index (χ1n) is 10.1. The van der Waals surface area contributed by atoms with E-state index in [9.17, 15) is 9.59 Å². The highest BCUT2D eigenvalue weighted by molar-refractivity contribution is 5.92. The van der Waals surface area contributed by atoms with Crippen molar-refractivity contribution in [2.75, 3.05) is 11.9 Å². The molecule has 0 atom stereocenters. The van der Waals surface area contributed by atoms with E-state index in [1.165, 1.54) is 0 Å². The third kappa shape index (κ3) is 5.59. The molecule has 1 fully saturated rings. The number of nitrogens with one attached hydrogen (secondary N) is 2. The van der Waals surface area contributed by atoms with E-state index in [0.29, 0.717) is 0 Å². The lowest BCUT2D eigenvalue weighted by molar-refractivity contribution is -0.128. The molecule has 28 heavy (non-hydrogen) atoms. The largest absolute Gasteiger partial charge is 0.457 e. The summed E-state index contributed by atoms with van der Waals surface area (Å²) in [5, 5.41) is 5.94. The number of ether oxygens (including phenoxy) is 1. The van der Waals surface area contributed by atoms with Gasteiger partial charge in [0.25, 0.3) is 0 Å². The average Bonchev–Trinajstić information content (AvgIpc) is 2.74. The van der Waals surface area contributed by atoms with Gasteiger partial charge in [-0.1, -0.05) is 25.1 Å². The number of para-hydroxylation sites is 1. The van der Waals surface area contributed by atoms with E-state index in [1.54, 1.807) is 0 Å². The number of anilines is 1.